The summed E-state index contributed by atoms with van der Waals surface area (Å²) in [5, 5.41) is 6.38. The van der Waals surface area contributed by atoms with Crippen molar-refractivity contribution in [3.63, 3.8) is 0 Å². The maximum absolute atomic E-state index is 13.1. The zero-order chi connectivity index (χ0) is 20.5. The summed E-state index contributed by atoms with van der Waals surface area (Å²) in [6.07, 6.45) is 3.49. The maximum Gasteiger partial charge on any atom is 0.264 e. The van der Waals surface area contributed by atoms with E-state index in [0.717, 1.165) is 27.0 Å². The fourth-order valence-electron chi connectivity index (χ4n) is 3.33. The third-order valence-corrected chi connectivity index (χ3v) is 6.69. The van der Waals surface area contributed by atoms with Crippen LogP contribution in [0.1, 0.15) is 39.5 Å². The second-order valence-electron chi connectivity index (χ2n) is 7.04. The number of rotatable bonds is 5. The Morgan fingerprint density at radius 3 is 2.69 bits per heavy atom. The highest BCUT2D eigenvalue weighted by Crippen LogP contribution is 2.31. The number of hydrogen-bond acceptors (Lipinski definition) is 4. The van der Waals surface area contributed by atoms with Gasteiger partial charge in [0.25, 0.3) is 5.91 Å². The molecule has 4 aromatic rings. The van der Waals surface area contributed by atoms with Gasteiger partial charge in [0, 0.05) is 29.9 Å². The highest BCUT2D eigenvalue weighted by molar-refractivity contribution is 7.20. The van der Waals surface area contributed by atoms with Crippen molar-refractivity contribution in [1.29, 1.82) is 0 Å². The number of thiophene rings is 1. The van der Waals surface area contributed by atoms with Gasteiger partial charge in [-0.1, -0.05) is 29.8 Å². The Morgan fingerprint density at radius 2 is 1.97 bits per heavy atom. The minimum atomic E-state index is -0.0450. The lowest BCUT2D eigenvalue weighted by atomic mass is 10.1. The molecule has 0 aliphatic heterocycles. The molecule has 5 nitrogen and oxygen atoms in total. The number of amides is 1. The average Bonchev–Trinajstić information content (AvgIpc) is 3.30. The van der Waals surface area contributed by atoms with Crippen molar-refractivity contribution in [1.82, 2.24) is 19.7 Å². The molecule has 0 saturated carbocycles. The summed E-state index contributed by atoms with van der Waals surface area (Å²) in [4.78, 5) is 20.6. The van der Waals surface area contributed by atoms with Crippen molar-refractivity contribution in [2.24, 2.45) is 0 Å². The summed E-state index contributed by atoms with van der Waals surface area (Å²) in [5.74, 6) is -0.000735. The number of aromatic nitrogens is 3. The SMILES string of the molecule is Cc1nn(Cc2ccccc2Cl)c2sc(C(=O)N(C)[C@@H](C)c3ccncc3)cc12. The molecule has 0 bridgehead atoms. The molecule has 3 aromatic heterocycles. The highest BCUT2D eigenvalue weighted by atomic mass is 35.5. The number of fused-ring (bicyclic) bond motifs is 1. The molecule has 1 aromatic carbocycles. The smallest absolute Gasteiger partial charge is 0.264 e. The van der Waals surface area contributed by atoms with E-state index < -0.39 is 0 Å². The molecule has 0 N–H and O–H groups in total. The van der Waals surface area contributed by atoms with Gasteiger partial charge in [0.05, 0.1) is 23.2 Å². The molecule has 7 heteroatoms. The molecule has 148 valence electrons. The number of halogens is 1. The number of carbonyl (C=O) groups excluding carboxylic acids is 1. The summed E-state index contributed by atoms with van der Waals surface area (Å²) in [6.45, 7) is 4.56. The molecule has 0 saturated heterocycles. The molecule has 0 radical (unpaired) electrons. The van der Waals surface area contributed by atoms with E-state index in [1.165, 1.54) is 11.3 Å². The third kappa shape index (κ3) is 3.78. The normalized spacial score (nSPS) is 12.3. The molecule has 0 unspecified atom stereocenters. The molecule has 0 spiro atoms. The van der Waals surface area contributed by atoms with Crippen LogP contribution < -0.4 is 0 Å². The number of pyridine rings is 1. The van der Waals surface area contributed by atoms with Gasteiger partial charge >= 0.3 is 0 Å². The Kier molecular flexibility index (Phi) is 5.39. The molecule has 0 aliphatic carbocycles. The molecule has 0 aliphatic rings. The predicted molar refractivity (Wildman–Crippen MR) is 118 cm³/mol. The molecule has 1 atom stereocenters. The quantitative estimate of drug-likeness (QED) is 0.434. The van der Waals surface area contributed by atoms with Gasteiger partial charge in [-0.15, -0.1) is 11.3 Å². The zero-order valence-corrected chi connectivity index (χ0v) is 18.0. The minimum absolute atomic E-state index is 0.000735. The standard InChI is InChI=1S/C22H21ClN4OS/c1-14-18-12-20(21(28)26(3)15(2)16-8-10-24-11-9-16)29-22(18)27(25-14)13-17-6-4-5-7-19(17)23/h4-12,15H,13H2,1-3H3/t15-/m0/s1. The van der Waals surface area contributed by atoms with E-state index in [1.54, 1.807) is 17.3 Å². The van der Waals surface area contributed by atoms with Crippen LogP contribution in [0.5, 0.6) is 0 Å². The third-order valence-electron chi connectivity index (χ3n) is 5.19. The first-order chi connectivity index (χ1) is 14.0. The van der Waals surface area contributed by atoms with E-state index in [4.69, 9.17) is 11.6 Å². The van der Waals surface area contributed by atoms with E-state index in [-0.39, 0.29) is 11.9 Å². The van der Waals surface area contributed by atoms with Crippen LogP contribution in [-0.2, 0) is 6.54 Å². The lowest BCUT2D eigenvalue weighted by Crippen LogP contribution is -2.29. The summed E-state index contributed by atoms with van der Waals surface area (Å²) < 4.78 is 1.93. The first-order valence-corrected chi connectivity index (χ1v) is 10.5. The second kappa shape index (κ2) is 7.97. The Balaban J connectivity index is 1.64. The van der Waals surface area contributed by atoms with Gasteiger partial charge in [-0.3, -0.25) is 14.5 Å². The zero-order valence-electron chi connectivity index (χ0n) is 16.5. The van der Waals surface area contributed by atoms with Crippen LogP contribution in [0.25, 0.3) is 10.2 Å². The van der Waals surface area contributed by atoms with E-state index >= 15 is 0 Å². The van der Waals surface area contributed by atoms with Crippen LogP contribution in [0.15, 0.2) is 54.9 Å². The number of aryl methyl sites for hydroxylation is 1. The summed E-state index contributed by atoms with van der Waals surface area (Å²) in [6, 6.07) is 13.5. The fourth-order valence-corrected chi connectivity index (χ4v) is 4.67. The summed E-state index contributed by atoms with van der Waals surface area (Å²) >= 11 is 7.79. The van der Waals surface area contributed by atoms with E-state index in [9.17, 15) is 4.79 Å². The predicted octanol–water partition coefficient (Wildman–Crippen LogP) is 5.34. The lowest BCUT2D eigenvalue weighted by Gasteiger charge is -2.24. The van der Waals surface area contributed by atoms with Crippen molar-refractivity contribution in [3.8, 4) is 0 Å². The average molecular weight is 425 g/mol. The molecule has 3 heterocycles. The monoisotopic (exact) mass is 424 g/mol. The summed E-state index contributed by atoms with van der Waals surface area (Å²) in [7, 11) is 1.83. The van der Waals surface area contributed by atoms with Gasteiger partial charge < -0.3 is 4.90 Å². The Morgan fingerprint density at radius 1 is 1.24 bits per heavy atom. The van der Waals surface area contributed by atoms with Gasteiger partial charge in [-0.05, 0) is 49.2 Å². The fraction of sp³-hybridized carbons (Fsp3) is 0.227. The van der Waals surface area contributed by atoms with Crippen LogP contribution >= 0.6 is 22.9 Å². The highest BCUT2D eigenvalue weighted by Gasteiger charge is 2.23. The van der Waals surface area contributed by atoms with Gasteiger partial charge in [0.2, 0.25) is 0 Å². The van der Waals surface area contributed by atoms with E-state index in [1.807, 2.05) is 68.0 Å². The summed E-state index contributed by atoms with van der Waals surface area (Å²) in [5.41, 5.74) is 2.97. The van der Waals surface area contributed by atoms with Crippen molar-refractivity contribution < 1.29 is 4.79 Å². The largest absolute Gasteiger partial charge is 0.334 e. The Bertz CT molecular complexity index is 1170. The van der Waals surface area contributed by atoms with Crippen molar-refractivity contribution >= 4 is 39.1 Å². The Labute approximate surface area is 178 Å². The van der Waals surface area contributed by atoms with Gasteiger partial charge in [-0.25, -0.2) is 0 Å². The van der Waals surface area contributed by atoms with Crippen LogP contribution in [0.3, 0.4) is 0 Å². The van der Waals surface area contributed by atoms with Crippen molar-refractivity contribution in [2.75, 3.05) is 7.05 Å². The number of benzene rings is 1. The van der Waals surface area contributed by atoms with Crippen LogP contribution in [0.2, 0.25) is 5.02 Å². The number of carbonyl (C=O) groups is 1. The molecule has 4 rings (SSSR count). The topological polar surface area (TPSA) is 51.0 Å². The first kappa shape index (κ1) is 19.6. The molecular weight excluding hydrogens is 404 g/mol. The van der Waals surface area contributed by atoms with Crippen molar-refractivity contribution in [3.05, 3.63) is 81.6 Å². The van der Waals surface area contributed by atoms with E-state index in [2.05, 4.69) is 10.1 Å². The van der Waals surface area contributed by atoms with Gasteiger partial charge in [-0.2, -0.15) is 5.10 Å². The molecule has 0 fully saturated rings. The number of hydrogen-bond donors (Lipinski definition) is 0. The van der Waals surface area contributed by atoms with Gasteiger partial charge in [0.15, 0.2) is 0 Å². The van der Waals surface area contributed by atoms with E-state index in [0.29, 0.717) is 16.4 Å². The maximum atomic E-state index is 13.1. The Hall–Kier alpha value is -2.70. The molecule has 29 heavy (non-hydrogen) atoms. The van der Waals surface area contributed by atoms with Crippen molar-refractivity contribution in [2.45, 2.75) is 26.4 Å². The first-order valence-electron chi connectivity index (χ1n) is 9.33. The van der Waals surface area contributed by atoms with Crippen LogP contribution in [0, 0.1) is 6.92 Å². The second-order valence-corrected chi connectivity index (χ2v) is 8.47. The number of nitrogens with zero attached hydrogens (tertiary/aromatic N) is 4. The van der Waals surface area contributed by atoms with Crippen LogP contribution in [-0.4, -0.2) is 32.6 Å². The molecule has 1 amide bonds. The molecular formula is C22H21ClN4OS. The van der Waals surface area contributed by atoms with Gasteiger partial charge in [0.1, 0.15) is 4.83 Å². The lowest BCUT2D eigenvalue weighted by molar-refractivity contribution is 0.0747. The minimum Gasteiger partial charge on any atom is -0.334 e. The van der Waals surface area contributed by atoms with Crippen LogP contribution in [0.4, 0.5) is 0 Å².